The van der Waals surface area contributed by atoms with E-state index in [-0.39, 0.29) is 16.9 Å². The van der Waals surface area contributed by atoms with Gasteiger partial charge in [0.15, 0.2) is 0 Å². The second kappa shape index (κ2) is 5.95. The van der Waals surface area contributed by atoms with Crippen molar-refractivity contribution in [1.82, 2.24) is 4.72 Å². The van der Waals surface area contributed by atoms with Gasteiger partial charge in [-0.2, -0.15) is 0 Å². The first-order valence-electron chi connectivity index (χ1n) is 6.31. The highest BCUT2D eigenvalue weighted by molar-refractivity contribution is 7.89. The van der Waals surface area contributed by atoms with Crippen LogP contribution in [0.1, 0.15) is 24.8 Å². The van der Waals surface area contributed by atoms with Crippen LogP contribution in [0.5, 0.6) is 0 Å². The molecule has 3 N–H and O–H groups in total. The molecular weight excluding hydrogens is 292 g/mol. The van der Waals surface area contributed by atoms with Gasteiger partial charge in [-0.1, -0.05) is 19.9 Å². The summed E-state index contributed by atoms with van der Waals surface area (Å²) < 4.78 is 27.6. The number of nitrogens with two attached hydrogens (primary N) is 1. The number of hydrogen-bond donors (Lipinski definition) is 2. The van der Waals surface area contributed by atoms with E-state index < -0.39 is 10.0 Å². The molecule has 1 aromatic heterocycles. The second-order valence-electron chi connectivity index (χ2n) is 4.93. The molecule has 6 heteroatoms. The molecule has 2 rings (SSSR count). The van der Waals surface area contributed by atoms with Crippen LogP contribution in [0.2, 0.25) is 0 Å². The Hall–Kier alpha value is -1.37. The van der Waals surface area contributed by atoms with Crippen LogP contribution < -0.4 is 10.5 Å². The van der Waals surface area contributed by atoms with E-state index in [1.165, 1.54) is 12.1 Å². The summed E-state index contributed by atoms with van der Waals surface area (Å²) in [5, 5.41) is 1.95. The lowest BCUT2D eigenvalue weighted by Gasteiger charge is -2.21. The molecule has 0 saturated carbocycles. The molecule has 0 amide bonds. The Kier molecular flexibility index (Phi) is 4.47. The number of thiophene rings is 1. The highest BCUT2D eigenvalue weighted by Crippen LogP contribution is 2.27. The fourth-order valence-corrected chi connectivity index (χ4v) is 4.26. The first-order valence-corrected chi connectivity index (χ1v) is 8.67. The third-order valence-corrected chi connectivity index (χ3v) is 5.40. The lowest BCUT2D eigenvalue weighted by molar-refractivity contribution is 0.469. The minimum Gasteiger partial charge on any atom is -0.399 e. The summed E-state index contributed by atoms with van der Waals surface area (Å²) in [7, 11) is -3.55. The molecule has 2 aromatic rings. The molecule has 0 aliphatic rings. The smallest absolute Gasteiger partial charge is 0.241 e. The number of hydrogen-bond acceptors (Lipinski definition) is 4. The van der Waals surface area contributed by atoms with Crippen molar-refractivity contribution in [3.63, 3.8) is 0 Å². The lowest BCUT2D eigenvalue weighted by Crippen LogP contribution is -2.31. The zero-order valence-corrected chi connectivity index (χ0v) is 13.0. The molecule has 0 saturated heterocycles. The van der Waals surface area contributed by atoms with Gasteiger partial charge in [-0.25, -0.2) is 13.1 Å². The molecule has 1 heterocycles. The van der Waals surface area contributed by atoms with Crippen molar-refractivity contribution in [1.29, 1.82) is 0 Å². The van der Waals surface area contributed by atoms with Gasteiger partial charge in [-0.15, -0.1) is 11.3 Å². The Bertz CT molecular complexity index is 647. The van der Waals surface area contributed by atoms with E-state index in [4.69, 9.17) is 5.73 Å². The monoisotopic (exact) mass is 310 g/mol. The summed E-state index contributed by atoms with van der Waals surface area (Å²) in [4.78, 5) is 1.24. The second-order valence-corrected chi connectivity index (χ2v) is 7.62. The summed E-state index contributed by atoms with van der Waals surface area (Å²) in [5.41, 5.74) is 6.13. The Labute approximate surface area is 123 Å². The third kappa shape index (κ3) is 3.39. The Morgan fingerprint density at radius 3 is 2.30 bits per heavy atom. The first kappa shape index (κ1) is 15.0. The summed E-state index contributed by atoms with van der Waals surface area (Å²) in [6.45, 7) is 3.99. The molecule has 0 bridgehead atoms. The number of nitrogens with one attached hydrogen (secondary N) is 1. The van der Waals surface area contributed by atoms with Crippen LogP contribution in [-0.4, -0.2) is 8.42 Å². The quantitative estimate of drug-likeness (QED) is 0.834. The standard InChI is InChI=1S/C14H18N2O2S2/c1-10(2)14(13-4-3-9-19-13)16-20(17,18)12-7-5-11(15)6-8-12/h3-10,14,16H,15H2,1-2H3. The molecular formula is C14H18N2O2S2. The van der Waals surface area contributed by atoms with Gasteiger partial charge in [0, 0.05) is 10.6 Å². The Balaban J connectivity index is 2.28. The number of anilines is 1. The van der Waals surface area contributed by atoms with Crippen LogP contribution in [0.3, 0.4) is 0 Å². The van der Waals surface area contributed by atoms with E-state index in [0.717, 1.165) is 4.88 Å². The molecule has 0 aliphatic carbocycles. The van der Waals surface area contributed by atoms with Gasteiger partial charge in [0.25, 0.3) is 0 Å². The summed E-state index contributed by atoms with van der Waals surface area (Å²) in [5.74, 6) is 0.164. The molecule has 108 valence electrons. The van der Waals surface area contributed by atoms with Crippen molar-refractivity contribution < 1.29 is 8.42 Å². The van der Waals surface area contributed by atoms with E-state index in [1.54, 1.807) is 23.5 Å². The van der Waals surface area contributed by atoms with Crippen molar-refractivity contribution in [2.75, 3.05) is 5.73 Å². The minimum atomic E-state index is -3.55. The Morgan fingerprint density at radius 1 is 1.15 bits per heavy atom. The number of rotatable bonds is 5. The average Bonchev–Trinajstić information content (AvgIpc) is 2.90. The predicted molar refractivity (Wildman–Crippen MR) is 83.1 cm³/mol. The van der Waals surface area contributed by atoms with Crippen LogP contribution in [0, 0.1) is 5.92 Å². The molecule has 0 aliphatic heterocycles. The van der Waals surface area contributed by atoms with E-state index in [2.05, 4.69) is 4.72 Å². The Morgan fingerprint density at radius 2 is 1.80 bits per heavy atom. The van der Waals surface area contributed by atoms with Gasteiger partial charge in [-0.05, 0) is 41.6 Å². The molecule has 20 heavy (non-hydrogen) atoms. The number of benzene rings is 1. The molecule has 1 aromatic carbocycles. The van der Waals surface area contributed by atoms with Crippen LogP contribution in [0.15, 0.2) is 46.7 Å². The van der Waals surface area contributed by atoms with Crippen molar-refractivity contribution in [3.8, 4) is 0 Å². The maximum atomic E-state index is 12.4. The lowest BCUT2D eigenvalue weighted by atomic mass is 10.0. The van der Waals surface area contributed by atoms with Gasteiger partial charge < -0.3 is 5.73 Å². The fourth-order valence-electron chi connectivity index (χ4n) is 1.87. The van der Waals surface area contributed by atoms with Crippen molar-refractivity contribution >= 4 is 27.0 Å². The minimum absolute atomic E-state index is 0.164. The van der Waals surface area contributed by atoms with Crippen LogP contribution in [0.25, 0.3) is 0 Å². The summed E-state index contributed by atoms with van der Waals surface area (Å²) in [6.07, 6.45) is 0. The fraction of sp³-hybridized carbons (Fsp3) is 0.286. The summed E-state index contributed by atoms with van der Waals surface area (Å²) >= 11 is 1.55. The largest absolute Gasteiger partial charge is 0.399 e. The van der Waals surface area contributed by atoms with Gasteiger partial charge in [0.1, 0.15) is 0 Å². The molecule has 4 nitrogen and oxygen atoms in total. The normalized spacial score (nSPS) is 13.6. The predicted octanol–water partition coefficient (Wildman–Crippen LogP) is 3.01. The van der Waals surface area contributed by atoms with E-state index in [1.807, 2.05) is 31.4 Å². The zero-order valence-electron chi connectivity index (χ0n) is 11.4. The van der Waals surface area contributed by atoms with Crippen molar-refractivity contribution in [2.24, 2.45) is 5.92 Å². The van der Waals surface area contributed by atoms with E-state index in [9.17, 15) is 8.42 Å². The SMILES string of the molecule is CC(C)C(NS(=O)(=O)c1ccc(N)cc1)c1cccs1. The van der Waals surface area contributed by atoms with Crippen molar-refractivity contribution in [2.45, 2.75) is 24.8 Å². The van der Waals surface area contributed by atoms with Gasteiger partial charge >= 0.3 is 0 Å². The highest BCUT2D eigenvalue weighted by Gasteiger charge is 2.24. The molecule has 0 fully saturated rings. The maximum Gasteiger partial charge on any atom is 0.241 e. The van der Waals surface area contributed by atoms with Gasteiger partial charge in [-0.3, -0.25) is 0 Å². The first-order chi connectivity index (χ1) is 9.40. The van der Waals surface area contributed by atoms with Gasteiger partial charge in [0.2, 0.25) is 10.0 Å². The van der Waals surface area contributed by atoms with Crippen LogP contribution >= 0.6 is 11.3 Å². The van der Waals surface area contributed by atoms with E-state index in [0.29, 0.717) is 5.69 Å². The van der Waals surface area contributed by atoms with Gasteiger partial charge in [0.05, 0.1) is 10.9 Å². The third-order valence-electron chi connectivity index (χ3n) is 2.99. The summed E-state index contributed by atoms with van der Waals surface area (Å²) in [6, 6.07) is 9.85. The maximum absolute atomic E-state index is 12.4. The topological polar surface area (TPSA) is 72.2 Å². The molecule has 0 spiro atoms. The molecule has 1 unspecified atom stereocenters. The number of nitrogen functional groups attached to an aromatic ring is 1. The number of sulfonamides is 1. The van der Waals surface area contributed by atoms with E-state index >= 15 is 0 Å². The molecule has 1 atom stereocenters. The van der Waals surface area contributed by atoms with Crippen LogP contribution in [0.4, 0.5) is 5.69 Å². The molecule has 0 radical (unpaired) electrons. The van der Waals surface area contributed by atoms with Crippen LogP contribution in [-0.2, 0) is 10.0 Å². The average molecular weight is 310 g/mol. The zero-order chi connectivity index (χ0) is 14.8. The van der Waals surface area contributed by atoms with Crippen molar-refractivity contribution in [3.05, 3.63) is 46.7 Å². The highest BCUT2D eigenvalue weighted by atomic mass is 32.2.